The zero-order valence-electron chi connectivity index (χ0n) is 4.43. The van der Waals surface area contributed by atoms with E-state index in [4.69, 9.17) is 0 Å². The Morgan fingerprint density at radius 1 is 1.29 bits per heavy atom. The molecule has 1 heteroatoms. The van der Waals surface area contributed by atoms with Gasteiger partial charge in [-0.15, -0.1) is 0 Å². The van der Waals surface area contributed by atoms with Crippen LogP contribution in [0.3, 0.4) is 0 Å². The minimum absolute atomic E-state index is 0.944. The third-order valence-electron chi connectivity index (χ3n) is 1.09. The van der Waals surface area contributed by atoms with Gasteiger partial charge in [0, 0.05) is 13.1 Å². The van der Waals surface area contributed by atoms with E-state index < -0.39 is 0 Å². The van der Waals surface area contributed by atoms with Crippen molar-refractivity contribution >= 4 is 0 Å². The normalized spacial score (nSPS) is 21.7. The molecule has 0 aromatic heterocycles. The quantitative estimate of drug-likeness (QED) is 0.398. The number of allylic oxidation sites excluding steroid dienone is 1. The monoisotopic (exact) mass is 96.1 g/mol. The Bertz CT molecular complexity index is 58.6. The molecule has 1 nitrogen and oxygen atoms in total. The van der Waals surface area contributed by atoms with Gasteiger partial charge in [-0.25, -0.2) is 5.32 Å². The van der Waals surface area contributed by atoms with E-state index in [1.54, 1.807) is 0 Å². The smallest absolute Gasteiger partial charge is 0.0314 e. The van der Waals surface area contributed by atoms with Crippen molar-refractivity contribution in [2.45, 2.75) is 12.8 Å². The summed E-state index contributed by atoms with van der Waals surface area (Å²) >= 11 is 0. The van der Waals surface area contributed by atoms with Crippen molar-refractivity contribution in [2.24, 2.45) is 0 Å². The topological polar surface area (TPSA) is 14.1 Å². The second kappa shape index (κ2) is 2.80. The summed E-state index contributed by atoms with van der Waals surface area (Å²) in [6.45, 7) is 2.01. The van der Waals surface area contributed by atoms with Crippen LogP contribution in [-0.4, -0.2) is 13.1 Å². The van der Waals surface area contributed by atoms with Gasteiger partial charge in [0.15, 0.2) is 0 Å². The molecule has 0 spiro atoms. The Kier molecular flexibility index (Phi) is 1.94. The fourth-order valence-corrected chi connectivity index (χ4v) is 0.679. The summed E-state index contributed by atoms with van der Waals surface area (Å²) in [6.07, 6.45) is 6.81. The van der Waals surface area contributed by atoms with E-state index >= 15 is 0 Å². The van der Waals surface area contributed by atoms with Crippen molar-refractivity contribution in [1.29, 1.82) is 0 Å². The lowest BCUT2D eigenvalue weighted by Crippen LogP contribution is -2.02. The lowest BCUT2D eigenvalue weighted by molar-refractivity contribution is 0.708. The molecule has 1 aliphatic rings. The third-order valence-corrected chi connectivity index (χ3v) is 1.09. The van der Waals surface area contributed by atoms with Gasteiger partial charge in [-0.3, -0.25) is 0 Å². The lowest BCUT2D eigenvalue weighted by Gasteiger charge is -1.88. The van der Waals surface area contributed by atoms with E-state index in [0.29, 0.717) is 0 Å². The molecule has 0 saturated heterocycles. The van der Waals surface area contributed by atoms with Crippen LogP contribution in [0, 0.1) is 0 Å². The van der Waals surface area contributed by atoms with Crippen LogP contribution in [0.4, 0.5) is 0 Å². The minimum Gasteiger partial charge on any atom is -0.238 e. The zero-order valence-corrected chi connectivity index (χ0v) is 4.43. The molecule has 0 N–H and O–H groups in total. The Morgan fingerprint density at radius 3 is 3.29 bits per heavy atom. The summed E-state index contributed by atoms with van der Waals surface area (Å²) in [5.74, 6) is 0. The third kappa shape index (κ3) is 1.74. The average Bonchev–Trinajstić information content (AvgIpc) is 1.90. The molecule has 1 rings (SSSR count). The van der Waals surface area contributed by atoms with Gasteiger partial charge < -0.3 is 0 Å². The van der Waals surface area contributed by atoms with Gasteiger partial charge in [0.25, 0.3) is 0 Å². The van der Waals surface area contributed by atoms with Crippen LogP contribution in [0.15, 0.2) is 12.2 Å². The van der Waals surface area contributed by atoms with Gasteiger partial charge >= 0.3 is 0 Å². The van der Waals surface area contributed by atoms with Crippen molar-refractivity contribution in [3.63, 3.8) is 0 Å². The second-order valence-electron chi connectivity index (χ2n) is 1.74. The number of hydrogen-bond donors (Lipinski definition) is 0. The largest absolute Gasteiger partial charge is 0.238 e. The van der Waals surface area contributed by atoms with Gasteiger partial charge in [-0.05, 0) is 12.8 Å². The van der Waals surface area contributed by atoms with Crippen LogP contribution < -0.4 is 5.32 Å². The van der Waals surface area contributed by atoms with Crippen LogP contribution in [0.1, 0.15) is 12.8 Å². The summed E-state index contributed by atoms with van der Waals surface area (Å²) < 4.78 is 0. The number of hydrogen-bond acceptors (Lipinski definition) is 0. The Hall–Kier alpha value is -0.300. The summed E-state index contributed by atoms with van der Waals surface area (Å²) in [7, 11) is 0. The van der Waals surface area contributed by atoms with E-state index in [9.17, 15) is 0 Å². The SMILES string of the molecule is C1=CC[N]CCC1. The number of nitrogens with zero attached hydrogens (tertiary/aromatic N) is 1. The molecular weight excluding hydrogens is 86.1 g/mol. The molecule has 7 heavy (non-hydrogen) atoms. The molecule has 0 fully saturated rings. The highest BCUT2D eigenvalue weighted by atomic mass is 14.8. The molecular formula is C6H10N. The van der Waals surface area contributed by atoms with Crippen LogP contribution in [0.2, 0.25) is 0 Å². The van der Waals surface area contributed by atoms with E-state index in [2.05, 4.69) is 17.5 Å². The molecule has 0 unspecified atom stereocenters. The molecule has 1 radical (unpaired) electrons. The molecule has 0 saturated carbocycles. The highest BCUT2D eigenvalue weighted by molar-refractivity contribution is 4.86. The molecule has 0 bridgehead atoms. The summed E-state index contributed by atoms with van der Waals surface area (Å²) in [5.41, 5.74) is 0. The highest BCUT2D eigenvalue weighted by Crippen LogP contribution is 1.92. The molecule has 1 heterocycles. The van der Waals surface area contributed by atoms with E-state index in [-0.39, 0.29) is 0 Å². The molecule has 0 atom stereocenters. The molecule has 0 aliphatic carbocycles. The summed E-state index contributed by atoms with van der Waals surface area (Å²) in [5, 5.41) is 4.18. The average molecular weight is 96.2 g/mol. The van der Waals surface area contributed by atoms with Crippen LogP contribution in [0.5, 0.6) is 0 Å². The fraction of sp³-hybridized carbons (Fsp3) is 0.667. The molecule has 39 valence electrons. The maximum atomic E-state index is 4.18. The maximum absolute atomic E-state index is 4.18. The van der Waals surface area contributed by atoms with Crippen molar-refractivity contribution in [1.82, 2.24) is 5.32 Å². The first-order chi connectivity index (χ1) is 3.50. The van der Waals surface area contributed by atoms with Gasteiger partial charge in [-0.1, -0.05) is 12.2 Å². The summed E-state index contributed by atoms with van der Waals surface area (Å²) in [6, 6.07) is 0. The molecule has 0 amide bonds. The number of rotatable bonds is 0. The fourth-order valence-electron chi connectivity index (χ4n) is 0.679. The standard InChI is InChI=1S/C6H10N/c1-2-4-6-7-5-3-1/h1,3H,2,4-6H2. The van der Waals surface area contributed by atoms with E-state index in [0.717, 1.165) is 13.1 Å². The van der Waals surface area contributed by atoms with Gasteiger partial charge in [0.1, 0.15) is 0 Å². The van der Waals surface area contributed by atoms with Crippen molar-refractivity contribution in [3.05, 3.63) is 12.2 Å². The van der Waals surface area contributed by atoms with Crippen molar-refractivity contribution < 1.29 is 0 Å². The summed E-state index contributed by atoms with van der Waals surface area (Å²) in [4.78, 5) is 0. The van der Waals surface area contributed by atoms with Crippen molar-refractivity contribution in [2.75, 3.05) is 13.1 Å². The minimum atomic E-state index is 0.944. The first kappa shape index (κ1) is 4.85. The predicted molar refractivity (Wildman–Crippen MR) is 30.2 cm³/mol. The van der Waals surface area contributed by atoms with E-state index in [1.807, 2.05) is 0 Å². The lowest BCUT2D eigenvalue weighted by atomic mass is 10.3. The first-order valence-corrected chi connectivity index (χ1v) is 2.78. The van der Waals surface area contributed by atoms with Crippen LogP contribution >= 0.6 is 0 Å². The van der Waals surface area contributed by atoms with Crippen molar-refractivity contribution in [3.8, 4) is 0 Å². The van der Waals surface area contributed by atoms with E-state index in [1.165, 1.54) is 12.8 Å². The molecule has 0 aromatic carbocycles. The second-order valence-corrected chi connectivity index (χ2v) is 1.74. The van der Waals surface area contributed by atoms with Gasteiger partial charge in [-0.2, -0.15) is 0 Å². The van der Waals surface area contributed by atoms with Crippen LogP contribution in [0.25, 0.3) is 0 Å². The molecule has 0 aromatic rings. The Balaban J connectivity index is 2.20. The van der Waals surface area contributed by atoms with Gasteiger partial charge in [0.05, 0.1) is 0 Å². The van der Waals surface area contributed by atoms with Crippen LogP contribution in [-0.2, 0) is 0 Å². The first-order valence-electron chi connectivity index (χ1n) is 2.78. The predicted octanol–water partition coefficient (Wildman–Crippen LogP) is 0.941. The highest BCUT2D eigenvalue weighted by Gasteiger charge is 1.88. The Labute approximate surface area is 44.4 Å². The zero-order chi connectivity index (χ0) is 4.95. The maximum Gasteiger partial charge on any atom is 0.0314 e. The van der Waals surface area contributed by atoms with Gasteiger partial charge in [0.2, 0.25) is 0 Å². The Morgan fingerprint density at radius 2 is 2.29 bits per heavy atom. The molecule has 1 aliphatic heterocycles.